The number of para-hydroxylation sites is 2. The maximum absolute atomic E-state index is 9.36. The van der Waals surface area contributed by atoms with Crippen molar-refractivity contribution in [3.8, 4) is 33.4 Å². The van der Waals surface area contributed by atoms with Crippen LogP contribution in [0.15, 0.2) is 204 Å². The van der Waals surface area contributed by atoms with Crippen LogP contribution in [-0.4, -0.2) is 0 Å². The molecule has 0 bridgehead atoms. The third-order valence-electron chi connectivity index (χ3n) is 9.21. The maximum atomic E-state index is 9.36. The van der Waals surface area contributed by atoms with Gasteiger partial charge >= 0.3 is 0 Å². The second kappa shape index (κ2) is 12.5. The lowest BCUT2D eigenvalue weighted by Gasteiger charge is -2.28. The lowest BCUT2D eigenvalue weighted by molar-refractivity contribution is 0.669. The summed E-state index contributed by atoms with van der Waals surface area (Å²) in [6.45, 7) is 0. The minimum Gasteiger partial charge on any atom is -0.456 e. The molecule has 244 valence electrons. The molecule has 52 heavy (non-hydrogen) atoms. The Hall–Kier alpha value is -6.90. The van der Waals surface area contributed by atoms with Crippen LogP contribution in [0.25, 0.3) is 76.9 Å². The highest BCUT2D eigenvalue weighted by atomic mass is 16.3. The molecule has 2 heteroatoms. The first-order valence-electron chi connectivity index (χ1n) is 24.0. The van der Waals surface area contributed by atoms with E-state index in [0.29, 0.717) is 22.5 Å². The van der Waals surface area contributed by atoms with Crippen molar-refractivity contribution in [3.05, 3.63) is 200 Å². The molecular weight excluding hydrogens is 631 g/mol. The largest absolute Gasteiger partial charge is 0.456 e. The lowest BCUT2D eigenvalue weighted by Crippen LogP contribution is -2.11. The van der Waals surface area contributed by atoms with Crippen molar-refractivity contribution < 1.29 is 25.0 Å². The van der Waals surface area contributed by atoms with Gasteiger partial charge in [0.25, 0.3) is 0 Å². The molecule has 0 atom stereocenters. The van der Waals surface area contributed by atoms with Gasteiger partial charge in [0, 0.05) is 27.7 Å². The number of nitrogens with zero attached hydrogens (tertiary/aromatic N) is 1. The predicted octanol–water partition coefficient (Wildman–Crippen LogP) is 14.4. The van der Waals surface area contributed by atoms with E-state index in [-0.39, 0.29) is 80.2 Å². The van der Waals surface area contributed by atoms with Crippen LogP contribution >= 0.6 is 0 Å². The highest BCUT2D eigenvalue weighted by molar-refractivity contribution is 6.19. The fourth-order valence-corrected chi connectivity index (χ4v) is 6.71. The fraction of sp³-hybridized carbons (Fsp3) is 0. The Morgan fingerprint density at radius 3 is 1.85 bits per heavy atom. The van der Waals surface area contributed by atoms with E-state index in [9.17, 15) is 4.11 Å². The molecule has 0 spiro atoms. The zero-order valence-electron chi connectivity index (χ0n) is 42.2. The number of rotatable bonds is 6. The number of fused-ring (bicyclic) bond motifs is 6. The Balaban J connectivity index is 1.18. The Morgan fingerprint density at radius 2 is 1.06 bits per heavy atom. The summed E-state index contributed by atoms with van der Waals surface area (Å²) in [7, 11) is 0. The molecule has 0 aliphatic carbocycles. The third kappa shape index (κ3) is 5.21. The summed E-state index contributed by atoms with van der Waals surface area (Å²) in [6, 6.07) is 25.5. The van der Waals surface area contributed by atoms with Gasteiger partial charge in [0.2, 0.25) is 0 Å². The van der Waals surface area contributed by atoms with Gasteiger partial charge in [-0.2, -0.15) is 0 Å². The Morgan fingerprint density at radius 1 is 0.404 bits per heavy atom. The maximum Gasteiger partial charge on any atom is 0.136 e. The van der Waals surface area contributed by atoms with E-state index in [0.717, 1.165) is 21.9 Å². The van der Waals surface area contributed by atoms with E-state index >= 15 is 0 Å². The first-order chi connectivity index (χ1) is 32.0. The van der Waals surface area contributed by atoms with Crippen LogP contribution < -0.4 is 4.90 Å². The second-order valence-electron chi connectivity index (χ2n) is 12.2. The van der Waals surface area contributed by atoms with Crippen LogP contribution in [0.3, 0.4) is 0 Å². The summed E-state index contributed by atoms with van der Waals surface area (Å²) in [5.41, 5.74) is 2.78. The lowest BCUT2D eigenvalue weighted by atomic mass is 9.97. The van der Waals surface area contributed by atoms with Crippen LogP contribution in [0.1, 0.15) is 20.6 Å². The summed E-state index contributed by atoms with van der Waals surface area (Å²) in [5.74, 6) is 0. The quantitative estimate of drug-likeness (QED) is 0.174. The van der Waals surface area contributed by atoms with E-state index in [2.05, 4.69) is 6.07 Å². The van der Waals surface area contributed by atoms with Gasteiger partial charge < -0.3 is 9.32 Å². The zero-order chi connectivity index (χ0) is 47.5. The van der Waals surface area contributed by atoms with Gasteiger partial charge in [-0.25, -0.2) is 0 Å². The number of hydrogen-bond donors (Lipinski definition) is 0. The molecule has 9 aromatic carbocycles. The molecule has 0 aliphatic heterocycles. The normalized spacial score (nSPS) is 15.5. The molecule has 0 N–H and O–H groups in total. The first kappa shape index (κ1) is 18.4. The molecule has 0 saturated carbocycles. The van der Waals surface area contributed by atoms with Gasteiger partial charge in [-0.3, -0.25) is 0 Å². The summed E-state index contributed by atoms with van der Waals surface area (Å²) in [5, 5.41) is 2.99. The number of hydrogen-bond acceptors (Lipinski definition) is 2. The second-order valence-corrected chi connectivity index (χ2v) is 12.2. The van der Waals surface area contributed by atoms with Gasteiger partial charge in [0.15, 0.2) is 0 Å². The van der Waals surface area contributed by atoms with Crippen LogP contribution in [0.2, 0.25) is 0 Å². The Labute approximate surface area is 323 Å². The van der Waals surface area contributed by atoms with Gasteiger partial charge in [-0.1, -0.05) is 145 Å². The standard InChI is InChI=1S/C50H33NO/c1-2-11-37(12-3-1)44-14-6-8-16-47(44)51(42-26-20-35(21-27-42)39-19-18-34-10-4-5-13-38(34)32-39)43-28-22-36(23-29-43)40-24-30-45-41(33-40)25-31-49-50(45)46-15-7-9-17-48(46)52-49/h1-33H/i1D,2D,3D,6D,7D,8D,9D,11D,12D,14D,15D,16D,25D,30D,31D. The van der Waals surface area contributed by atoms with Crippen LogP contribution in [0, 0.1) is 0 Å². The van der Waals surface area contributed by atoms with E-state index < -0.39 is 59.9 Å². The highest BCUT2D eigenvalue weighted by Crippen LogP contribution is 2.42. The summed E-state index contributed by atoms with van der Waals surface area (Å²) < 4.78 is 137. The Bertz CT molecular complexity index is 3730. The van der Waals surface area contributed by atoms with Gasteiger partial charge in [0.05, 0.1) is 26.2 Å². The van der Waals surface area contributed by atoms with Crippen LogP contribution in [-0.2, 0) is 0 Å². The van der Waals surface area contributed by atoms with Crippen molar-refractivity contribution in [3.63, 3.8) is 0 Å². The van der Waals surface area contributed by atoms with Crippen molar-refractivity contribution in [2.24, 2.45) is 0 Å². The molecule has 1 heterocycles. The minimum absolute atomic E-state index is 0.0242. The van der Waals surface area contributed by atoms with Crippen molar-refractivity contribution >= 4 is 60.5 Å². The molecule has 10 rings (SSSR count). The van der Waals surface area contributed by atoms with Crippen LogP contribution in [0.4, 0.5) is 17.1 Å². The number of benzene rings is 9. The van der Waals surface area contributed by atoms with Crippen molar-refractivity contribution in [1.82, 2.24) is 0 Å². The van der Waals surface area contributed by atoms with Crippen molar-refractivity contribution in [2.75, 3.05) is 4.90 Å². The smallest absolute Gasteiger partial charge is 0.136 e. The summed E-state index contributed by atoms with van der Waals surface area (Å²) >= 11 is 0. The van der Waals surface area contributed by atoms with Crippen molar-refractivity contribution in [2.45, 2.75) is 0 Å². The average Bonchev–Trinajstić information content (AvgIpc) is 3.72. The third-order valence-corrected chi connectivity index (χ3v) is 9.21. The molecule has 1 aromatic heterocycles. The molecule has 2 nitrogen and oxygen atoms in total. The minimum atomic E-state index is -0.674. The predicted molar refractivity (Wildman–Crippen MR) is 220 cm³/mol. The summed E-state index contributed by atoms with van der Waals surface area (Å²) in [4.78, 5) is 1.55. The van der Waals surface area contributed by atoms with Gasteiger partial charge in [-0.05, 0) is 104 Å². The average molecular weight is 679 g/mol. The zero-order valence-corrected chi connectivity index (χ0v) is 27.2. The highest BCUT2D eigenvalue weighted by Gasteiger charge is 2.18. The van der Waals surface area contributed by atoms with Crippen LogP contribution in [0.5, 0.6) is 0 Å². The molecule has 0 fully saturated rings. The molecule has 0 aliphatic rings. The Kier molecular flexibility index (Phi) is 4.40. The molecule has 0 amide bonds. The van der Waals surface area contributed by atoms with E-state index in [1.165, 1.54) is 6.07 Å². The number of furan rings is 1. The molecule has 0 saturated heterocycles. The molecule has 10 aromatic rings. The van der Waals surface area contributed by atoms with Gasteiger partial charge in [-0.15, -0.1) is 0 Å². The topological polar surface area (TPSA) is 16.4 Å². The molecular formula is C50H33NO. The molecule has 0 radical (unpaired) electrons. The fourth-order valence-electron chi connectivity index (χ4n) is 6.71. The van der Waals surface area contributed by atoms with E-state index in [4.69, 9.17) is 20.9 Å². The van der Waals surface area contributed by atoms with Crippen molar-refractivity contribution in [1.29, 1.82) is 0 Å². The summed E-state index contributed by atoms with van der Waals surface area (Å²) in [6.07, 6.45) is 0. The van der Waals surface area contributed by atoms with Gasteiger partial charge in [0.1, 0.15) is 11.2 Å². The monoisotopic (exact) mass is 678 g/mol. The number of anilines is 3. The first-order valence-corrected chi connectivity index (χ1v) is 16.5. The molecule has 0 unspecified atom stereocenters. The van der Waals surface area contributed by atoms with E-state index in [1.807, 2.05) is 48.5 Å². The van der Waals surface area contributed by atoms with E-state index in [1.54, 1.807) is 53.4 Å². The SMILES string of the molecule is [2H]c1cc2oc3c([2H])c([2H])c4cc(-c5ccc(N(c6ccc(-c7ccc8ccccc8c7)cc6)c6c([2H])c([2H])c([2H])c([2H])c6-c6c([2H])c([2H])c([2H])c([2H])c6[2H])cc5)cc([2H])c4c3c2c([2H])c1[2H].